The summed E-state index contributed by atoms with van der Waals surface area (Å²) in [5.74, 6) is 3.62. The van der Waals surface area contributed by atoms with E-state index >= 15 is 0 Å². The lowest BCUT2D eigenvalue weighted by Crippen LogP contribution is -2.13. The van der Waals surface area contributed by atoms with Crippen molar-refractivity contribution in [1.29, 1.82) is 0 Å². The monoisotopic (exact) mass is 267 g/mol. The van der Waals surface area contributed by atoms with Crippen LogP contribution in [0.25, 0.3) is 0 Å². The fourth-order valence-corrected chi connectivity index (χ4v) is 2.73. The standard InChI is InChI=1S/C14H22ClN3/c1-9(2)14-17-12(15)7-13(18-14)16-8-11-5-4-10(3)6-11/h7,9-11H,4-6,8H2,1-3H3,(H,16,17,18). The molecule has 2 rings (SSSR count). The van der Waals surface area contributed by atoms with Crippen molar-refractivity contribution in [2.24, 2.45) is 11.8 Å². The predicted octanol–water partition coefficient (Wildman–Crippen LogP) is 4.10. The van der Waals surface area contributed by atoms with Crippen LogP contribution in [0.4, 0.5) is 5.82 Å². The molecule has 0 spiro atoms. The average Bonchev–Trinajstić information content (AvgIpc) is 2.72. The zero-order chi connectivity index (χ0) is 13.1. The van der Waals surface area contributed by atoms with E-state index in [2.05, 4.69) is 36.1 Å². The molecule has 1 saturated carbocycles. The summed E-state index contributed by atoms with van der Waals surface area (Å²) in [5.41, 5.74) is 0. The Labute approximate surface area is 114 Å². The molecule has 0 aromatic carbocycles. The Morgan fingerprint density at radius 1 is 1.39 bits per heavy atom. The maximum absolute atomic E-state index is 6.02. The number of nitrogens with one attached hydrogen (secondary N) is 1. The molecular formula is C14H22ClN3. The van der Waals surface area contributed by atoms with Crippen molar-refractivity contribution in [3.05, 3.63) is 17.0 Å². The molecule has 4 heteroatoms. The molecule has 1 fully saturated rings. The molecular weight excluding hydrogens is 246 g/mol. The van der Waals surface area contributed by atoms with Crippen LogP contribution >= 0.6 is 11.6 Å². The summed E-state index contributed by atoms with van der Waals surface area (Å²) in [6, 6.07) is 1.81. The van der Waals surface area contributed by atoms with Crippen molar-refractivity contribution in [3.63, 3.8) is 0 Å². The van der Waals surface area contributed by atoms with E-state index in [9.17, 15) is 0 Å². The molecule has 0 radical (unpaired) electrons. The van der Waals surface area contributed by atoms with Gasteiger partial charge in [-0.05, 0) is 24.7 Å². The lowest BCUT2D eigenvalue weighted by Gasteiger charge is -2.13. The molecule has 1 aliphatic rings. The highest BCUT2D eigenvalue weighted by molar-refractivity contribution is 6.29. The van der Waals surface area contributed by atoms with Gasteiger partial charge in [0.05, 0.1) is 0 Å². The van der Waals surface area contributed by atoms with E-state index < -0.39 is 0 Å². The minimum absolute atomic E-state index is 0.302. The van der Waals surface area contributed by atoms with E-state index in [-0.39, 0.29) is 0 Å². The first-order chi connectivity index (χ1) is 8.54. The molecule has 1 aromatic rings. The van der Waals surface area contributed by atoms with E-state index in [0.29, 0.717) is 11.1 Å². The van der Waals surface area contributed by atoms with Gasteiger partial charge >= 0.3 is 0 Å². The van der Waals surface area contributed by atoms with Gasteiger partial charge in [0.25, 0.3) is 0 Å². The average molecular weight is 268 g/mol. The first kappa shape index (κ1) is 13.6. The maximum Gasteiger partial charge on any atom is 0.135 e. The smallest absolute Gasteiger partial charge is 0.135 e. The topological polar surface area (TPSA) is 37.8 Å². The molecule has 3 nitrogen and oxygen atoms in total. The summed E-state index contributed by atoms with van der Waals surface area (Å²) in [5, 5.41) is 3.93. The summed E-state index contributed by atoms with van der Waals surface area (Å²) < 4.78 is 0. The van der Waals surface area contributed by atoms with Crippen LogP contribution in [0, 0.1) is 11.8 Å². The van der Waals surface area contributed by atoms with Crippen LogP contribution in [0.1, 0.15) is 51.8 Å². The van der Waals surface area contributed by atoms with Gasteiger partial charge in [-0.1, -0.05) is 38.8 Å². The van der Waals surface area contributed by atoms with E-state index in [4.69, 9.17) is 11.6 Å². The van der Waals surface area contributed by atoms with Gasteiger partial charge in [0.2, 0.25) is 0 Å². The van der Waals surface area contributed by atoms with Crippen molar-refractivity contribution >= 4 is 17.4 Å². The molecule has 0 bridgehead atoms. The van der Waals surface area contributed by atoms with Crippen LogP contribution in [0.15, 0.2) is 6.07 Å². The Kier molecular flexibility index (Phi) is 4.44. The van der Waals surface area contributed by atoms with Gasteiger partial charge in [-0.25, -0.2) is 9.97 Å². The number of hydrogen-bond donors (Lipinski definition) is 1. The van der Waals surface area contributed by atoms with Gasteiger partial charge in [0.15, 0.2) is 0 Å². The molecule has 1 aliphatic carbocycles. The van der Waals surface area contributed by atoms with Crippen molar-refractivity contribution in [3.8, 4) is 0 Å². The zero-order valence-electron chi connectivity index (χ0n) is 11.4. The van der Waals surface area contributed by atoms with Crippen molar-refractivity contribution in [2.45, 2.75) is 46.0 Å². The minimum atomic E-state index is 0.302. The SMILES string of the molecule is CC1CCC(CNc2cc(Cl)nc(C(C)C)n2)C1. The predicted molar refractivity (Wildman–Crippen MR) is 76.1 cm³/mol. The van der Waals surface area contributed by atoms with Gasteiger partial charge in [0, 0.05) is 18.5 Å². The van der Waals surface area contributed by atoms with Crippen molar-refractivity contribution in [1.82, 2.24) is 9.97 Å². The summed E-state index contributed by atoms with van der Waals surface area (Å²) in [4.78, 5) is 8.75. The second kappa shape index (κ2) is 5.87. The Hall–Kier alpha value is -0.830. The fourth-order valence-electron chi connectivity index (χ4n) is 2.54. The molecule has 18 heavy (non-hydrogen) atoms. The highest BCUT2D eigenvalue weighted by atomic mass is 35.5. The molecule has 2 unspecified atom stereocenters. The Morgan fingerprint density at radius 2 is 2.17 bits per heavy atom. The van der Waals surface area contributed by atoms with Gasteiger partial charge in [0.1, 0.15) is 16.8 Å². The van der Waals surface area contributed by atoms with E-state index in [0.717, 1.165) is 30.0 Å². The molecule has 0 aliphatic heterocycles. The Bertz CT molecular complexity index is 406. The molecule has 1 N–H and O–H groups in total. The number of nitrogens with zero attached hydrogens (tertiary/aromatic N) is 2. The van der Waals surface area contributed by atoms with Crippen LogP contribution in [-0.4, -0.2) is 16.5 Å². The minimum Gasteiger partial charge on any atom is -0.370 e. The quantitative estimate of drug-likeness (QED) is 0.835. The molecule has 0 amide bonds. The van der Waals surface area contributed by atoms with E-state index in [1.165, 1.54) is 19.3 Å². The molecule has 2 atom stereocenters. The summed E-state index contributed by atoms with van der Waals surface area (Å²) >= 11 is 6.02. The summed E-state index contributed by atoms with van der Waals surface area (Å²) in [6.07, 6.45) is 4.00. The van der Waals surface area contributed by atoms with Crippen molar-refractivity contribution < 1.29 is 0 Å². The number of halogens is 1. The first-order valence-electron chi connectivity index (χ1n) is 6.83. The van der Waals surface area contributed by atoms with Crippen LogP contribution in [0.5, 0.6) is 0 Å². The Morgan fingerprint density at radius 3 is 2.78 bits per heavy atom. The van der Waals surface area contributed by atoms with Crippen LogP contribution in [0.3, 0.4) is 0 Å². The van der Waals surface area contributed by atoms with Crippen molar-refractivity contribution in [2.75, 3.05) is 11.9 Å². The van der Waals surface area contributed by atoms with E-state index in [1.807, 2.05) is 6.07 Å². The summed E-state index contributed by atoms with van der Waals surface area (Å²) in [6.45, 7) is 7.48. The second-order valence-electron chi connectivity index (χ2n) is 5.75. The van der Waals surface area contributed by atoms with Gasteiger partial charge < -0.3 is 5.32 Å². The number of rotatable bonds is 4. The fraction of sp³-hybridized carbons (Fsp3) is 0.714. The van der Waals surface area contributed by atoms with Crippen LogP contribution in [-0.2, 0) is 0 Å². The van der Waals surface area contributed by atoms with E-state index in [1.54, 1.807) is 0 Å². The largest absolute Gasteiger partial charge is 0.370 e. The zero-order valence-corrected chi connectivity index (χ0v) is 12.2. The van der Waals surface area contributed by atoms with Gasteiger partial charge in [-0.15, -0.1) is 0 Å². The maximum atomic E-state index is 6.02. The van der Waals surface area contributed by atoms with Gasteiger partial charge in [-0.2, -0.15) is 0 Å². The molecule has 100 valence electrons. The lowest BCUT2D eigenvalue weighted by molar-refractivity contribution is 0.536. The van der Waals surface area contributed by atoms with Crippen LogP contribution < -0.4 is 5.32 Å². The molecule has 0 saturated heterocycles. The second-order valence-corrected chi connectivity index (χ2v) is 6.14. The third-order valence-electron chi connectivity index (χ3n) is 3.60. The normalized spacial score (nSPS) is 23.6. The third-order valence-corrected chi connectivity index (χ3v) is 3.80. The highest BCUT2D eigenvalue weighted by Crippen LogP contribution is 2.30. The first-order valence-corrected chi connectivity index (χ1v) is 7.20. The Balaban J connectivity index is 1.96. The molecule has 1 aromatic heterocycles. The lowest BCUT2D eigenvalue weighted by atomic mass is 10.1. The number of aromatic nitrogens is 2. The number of anilines is 1. The number of hydrogen-bond acceptors (Lipinski definition) is 3. The van der Waals surface area contributed by atoms with Gasteiger partial charge in [-0.3, -0.25) is 0 Å². The van der Waals surface area contributed by atoms with Crippen LogP contribution in [0.2, 0.25) is 5.15 Å². The third kappa shape index (κ3) is 3.58. The highest BCUT2D eigenvalue weighted by Gasteiger charge is 2.21. The summed E-state index contributed by atoms with van der Waals surface area (Å²) in [7, 11) is 0. The molecule has 1 heterocycles.